The molecule has 10 heteroatoms. The Balaban J connectivity index is 1.37. The Kier molecular flexibility index (Phi) is 4.76. The highest BCUT2D eigenvalue weighted by Crippen LogP contribution is 2.39. The number of carbonyl (C=O) groups is 2. The van der Waals surface area contributed by atoms with Crippen LogP contribution in [0.15, 0.2) is 5.16 Å². The predicted molar refractivity (Wildman–Crippen MR) is 98.0 cm³/mol. The minimum Gasteiger partial charge on any atom is -0.387 e. The molecule has 4 rings (SSSR count). The lowest BCUT2D eigenvalue weighted by Gasteiger charge is -2.23. The standard InChI is InChI=1S/C19H25F2N5O3/c1-17(20,21)8-13(16(28)24-18(10-22)4-5-18)23-15(27)14-9-19(29-25-14)6-7-26(11-19)12-2-3-12/h12-13H,2-9,11H2,1H3,(H,23,27)(H,24,28). The third-order valence-corrected chi connectivity index (χ3v) is 6.02. The number of carbonyl (C=O) groups excluding carboxylic acids is 2. The molecular formula is C19H25F2N5O3. The molecule has 0 bridgehead atoms. The lowest BCUT2D eigenvalue weighted by Crippen LogP contribution is -2.53. The summed E-state index contributed by atoms with van der Waals surface area (Å²) in [6.45, 7) is 2.27. The number of hydrogen-bond acceptors (Lipinski definition) is 6. The third kappa shape index (κ3) is 4.50. The number of hydrogen-bond donors (Lipinski definition) is 2. The highest BCUT2D eigenvalue weighted by atomic mass is 19.3. The highest BCUT2D eigenvalue weighted by Gasteiger charge is 2.50. The van der Waals surface area contributed by atoms with Gasteiger partial charge in [0.15, 0.2) is 5.60 Å². The fourth-order valence-corrected chi connectivity index (χ4v) is 4.01. The molecule has 158 valence electrons. The van der Waals surface area contributed by atoms with Gasteiger partial charge in [0, 0.05) is 38.4 Å². The Hall–Kier alpha value is -2.28. The lowest BCUT2D eigenvalue weighted by atomic mass is 9.96. The Morgan fingerprint density at radius 1 is 1.41 bits per heavy atom. The van der Waals surface area contributed by atoms with Crippen molar-refractivity contribution in [3.05, 3.63) is 0 Å². The van der Waals surface area contributed by atoms with Crippen molar-refractivity contribution < 1.29 is 23.2 Å². The molecule has 1 saturated heterocycles. The molecule has 2 unspecified atom stereocenters. The summed E-state index contributed by atoms with van der Waals surface area (Å²) in [6, 6.07) is 1.11. The molecule has 2 aliphatic carbocycles. The van der Waals surface area contributed by atoms with Gasteiger partial charge in [-0.3, -0.25) is 14.5 Å². The number of nitrogens with zero attached hydrogens (tertiary/aromatic N) is 3. The van der Waals surface area contributed by atoms with Crippen LogP contribution in [0.4, 0.5) is 8.78 Å². The summed E-state index contributed by atoms with van der Waals surface area (Å²) < 4.78 is 27.2. The lowest BCUT2D eigenvalue weighted by molar-refractivity contribution is -0.129. The zero-order valence-electron chi connectivity index (χ0n) is 16.3. The number of likely N-dealkylation sites (tertiary alicyclic amines) is 1. The maximum Gasteiger partial charge on any atom is 0.269 e. The summed E-state index contributed by atoms with van der Waals surface area (Å²) in [5.41, 5.74) is -1.43. The maximum absolute atomic E-state index is 13.6. The van der Waals surface area contributed by atoms with E-state index in [0.717, 1.165) is 13.0 Å². The van der Waals surface area contributed by atoms with E-state index in [1.807, 2.05) is 6.07 Å². The molecule has 0 aromatic rings. The second-order valence-electron chi connectivity index (χ2n) is 8.92. The minimum absolute atomic E-state index is 0.112. The van der Waals surface area contributed by atoms with Crippen molar-refractivity contribution >= 4 is 17.5 Å². The predicted octanol–water partition coefficient (Wildman–Crippen LogP) is 1.07. The van der Waals surface area contributed by atoms with Crippen molar-refractivity contribution in [3.63, 3.8) is 0 Å². The quantitative estimate of drug-likeness (QED) is 0.654. The van der Waals surface area contributed by atoms with Crippen LogP contribution in [0.25, 0.3) is 0 Å². The Labute approximate surface area is 167 Å². The van der Waals surface area contributed by atoms with Gasteiger partial charge < -0.3 is 15.5 Å². The third-order valence-electron chi connectivity index (χ3n) is 6.02. The van der Waals surface area contributed by atoms with Gasteiger partial charge in [0.2, 0.25) is 11.8 Å². The zero-order chi connectivity index (χ0) is 20.9. The van der Waals surface area contributed by atoms with E-state index in [-0.39, 0.29) is 5.71 Å². The van der Waals surface area contributed by atoms with Crippen LogP contribution in [0.1, 0.15) is 51.9 Å². The molecule has 0 aromatic carbocycles. The number of rotatable bonds is 7. The van der Waals surface area contributed by atoms with Crippen molar-refractivity contribution in [1.82, 2.24) is 15.5 Å². The van der Waals surface area contributed by atoms with E-state index in [2.05, 4.69) is 20.7 Å². The van der Waals surface area contributed by atoms with Crippen LogP contribution in [0.3, 0.4) is 0 Å². The maximum atomic E-state index is 13.6. The van der Waals surface area contributed by atoms with Gasteiger partial charge in [-0.05, 0) is 32.6 Å². The minimum atomic E-state index is -3.16. The number of halogens is 2. The van der Waals surface area contributed by atoms with Crippen LogP contribution in [-0.4, -0.2) is 64.7 Å². The van der Waals surface area contributed by atoms with Gasteiger partial charge in [-0.15, -0.1) is 0 Å². The van der Waals surface area contributed by atoms with Gasteiger partial charge in [-0.2, -0.15) is 5.26 Å². The largest absolute Gasteiger partial charge is 0.387 e. The number of nitrogens with one attached hydrogen (secondary N) is 2. The molecule has 2 N–H and O–H groups in total. The van der Waals surface area contributed by atoms with Gasteiger partial charge in [0.25, 0.3) is 5.91 Å². The Morgan fingerprint density at radius 2 is 2.14 bits per heavy atom. The second-order valence-corrected chi connectivity index (χ2v) is 8.92. The molecular weight excluding hydrogens is 384 g/mol. The molecule has 3 fully saturated rings. The Morgan fingerprint density at radius 3 is 2.72 bits per heavy atom. The SMILES string of the molecule is CC(F)(F)CC(NC(=O)C1=NOC2(CCN(C3CC3)C2)C1)C(=O)NC1(C#N)CC1. The Bertz CT molecular complexity index is 782. The monoisotopic (exact) mass is 409 g/mol. The average Bonchev–Trinajstić information content (AvgIpc) is 3.57. The molecule has 2 aliphatic heterocycles. The van der Waals surface area contributed by atoms with Crippen molar-refractivity contribution in [1.29, 1.82) is 5.26 Å². The molecule has 2 heterocycles. The van der Waals surface area contributed by atoms with Crippen LogP contribution >= 0.6 is 0 Å². The van der Waals surface area contributed by atoms with Crippen molar-refractivity contribution in [3.8, 4) is 6.07 Å². The molecule has 8 nitrogen and oxygen atoms in total. The summed E-state index contributed by atoms with van der Waals surface area (Å²) in [7, 11) is 0. The van der Waals surface area contributed by atoms with Crippen molar-refractivity contribution in [2.24, 2.45) is 5.16 Å². The first-order valence-electron chi connectivity index (χ1n) is 10.0. The van der Waals surface area contributed by atoms with E-state index in [1.165, 1.54) is 12.8 Å². The fraction of sp³-hybridized carbons (Fsp3) is 0.789. The van der Waals surface area contributed by atoms with E-state index in [4.69, 9.17) is 10.1 Å². The molecule has 0 aromatic heterocycles. The summed E-state index contributed by atoms with van der Waals surface area (Å²) in [5, 5.41) is 17.9. The van der Waals surface area contributed by atoms with Crippen LogP contribution in [0, 0.1) is 11.3 Å². The van der Waals surface area contributed by atoms with Gasteiger partial charge >= 0.3 is 0 Å². The first-order valence-corrected chi connectivity index (χ1v) is 10.0. The number of amides is 2. The van der Waals surface area contributed by atoms with Crippen LogP contribution in [0.2, 0.25) is 0 Å². The summed E-state index contributed by atoms with van der Waals surface area (Å²) >= 11 is 0. The number of alkyl halides is 2. The van der Waals surface area contributed by atoms with Crippen LogP contribution in [0.5, 0.6) is 0 Å². The van der Waals surface area contributed by atoms with Crippen LogP contribution in [-0.2, 0) is 14.4 Å². The van der Waals surface area contributed by atoms with Crippen LogP contribution < -0.4 is 10.6 Å². The average molecular weight is 409 g/mol. The van der Waals surface area contributed by atoms with Crippen molar-refractivity contribution in [2.45, 2.75) is 81.0 Å². The molecule has 2 amide bonds. The molecule has 1 spiro atoms. The molecule has 29 heavy (non-hydrogen) atoms. The molecule has 2 atom stereocenters. The van der Waals surface area contributed by atoms with E-state index in [9.17, 15) is 18.4 Å². The van der Waals surface area contributed by atoms with Gasteiger partial charge in [0.05, 0.1) is 6.07 Å². The second kappa shape index (κ2) is 6.90. The van der Waals surface area contributed by atoms with E-state index in [0.29, 0.717) is 38.8 Å². The normalized spacial score (nSPS) is 29.0. The zero-order valence-corrected chi connectivity index (χ0v) is 16.3. The molecule has 4 aliphatic rings. The first kappa shape index (κ1) is 20.0. The number of oxime groups is 1. The summed E-state index contributed by atoms with van der Waals surface area (Å²) in [4.78, 5) is 33.0. The first-order chi connectivity index (χ1) is 13.6. The number of nitriles is 1. The topological polar surface area (TPSA) is 107 Å². The fourth-order valence-electron chi connectivity index (χ4n) is 4.01. The van der Waals surface area contributed by atoms with Gasteiger partial charge in [-0.25, -0.2) is 8.78 Å². The van der Waals surface area contributed by atoms with E-state index in [1.54, 1.807) is 0 Å². The van der Waals surface area contributed by atoms with Gasteiger partial charge in [0.1, 0.15) is 17.3 Å². The molecule has 0 radical (unpaired) electrons. The highest BCUT2D eigenvalue weighted by molar-refractivity contribution is 6.39. The van der Waals surface area contributed by atoms with Crippen molar-refractivity contribution in [2.75, 3.05) is 13.1 Å². The molecule has 2 saturated carbocycles. The van der Waals surface area contributed by atoms with E-state index < -0.39 is 41.3 Å². The summed E-state index contributed by atoms with van der Waals surface area (Å²) in [5.74, 6) is -4.63. The summed E-state index contributed by atoms with van der Waals surface area (Å²) in [6.07, 6.45) is 3.48. The smallest absolute Gasteiger partial charge is 0.269 e. The van der Waals surface area contributed by atoms with E-state index >= 15 is 0 Å². The van der Waals surface area contributed by atoms with Gasteiger partial charge in [-0.1, -0.05) is 5.16 Å².